The largest absolute Gasteiger partial charge is 0.359 e. The van der Waals surface area contributed by atoms with E-state index in [0.717, 1.165) is 6.61 Å². The molecule has 2 nitrogen and oxygen atoms in total. The summed E-state index contributed by atoms with van der Waals surface area (Å²) in [6, 6.07) is 0. The highest BCUT2D eigenvalue weighted by atomic mass is 16.7. The van der Waals surface area contributed by atoms with Crippen molar-refractivity contribution < 1.29 is 9.47 Å². The lowest BCUT2D eigenvalue weighted by molar-refractivity contribution is -0.0315. The Balaban J connectivity index is 2.83. The van der Waals surface area contributed by atoms with E-state index in [1.54, 1.807) is 7.11 Å². The second-order valence-electron chi connectivity index (χ2n) is 4.50. The third-order valence-corrected chi connectivity index (χ3v) is 2.84. The molecule has 0 N–H and O–H groups in total. The molecule has 0 aliphatic rings. The summed E-state index contributed by atoms with van der Waals surface area (Å²) in [5, 5.41) is 0. The van der Waals surface area contributed by atoms with Crippen LogP contribution in [0.5, 0.6) is 0 Å². The highest BCUT2D eigenvalue weighted by Crippen LogP contribution is 2.10. The number of methoxy groups -OCH3 is 1. The first-order valence-corrected chi connectivity index (χ1v) is 6.98. The number of rotatable bonds is 13. The van der Waals surface area contributed by atoms with E-state index in [0.29, 0.717) is 6.79 Å². The Morgan fingerprint density at radius 2 is 1.19 bits per heavy atom. The molecule has 0 saturated carbocycles. The minimum atomic E-state index is 0.442. The fraction of sp³-hybridized carbons (Fsp3) is 1.00. The van der Waals surface area contributed by atoms with Gasteiger partial charge >= 0.3 is 0 Å². The topological polar surface area (TPSA) is 18.5 Å². The quantitative estimate of drug-likeness (QED) is 0.342. The zero-order valence-electron chi connectivity index (χ0n) is 11.3. The van der Waals surface area contributed by atoms with Gasteiger partial charge in [-0.15, -0.1) is 0 Å². The van der Waals surface area contributed by atoms with E-state index in [1.165, 1.54) is 64.2 Å². The van der Waals surface area contributed by atoms with Crippen LogP contribution in [0.25, 0.3) is 0 Å². The van der Waals surface area contributed by atoms with Gasteiger partial charge in [-0.2, -0.15) is 0 Å². The summed E-state index contributed by atoms with van der Waals surface area (Å²) in [4.78, 5) is 0. The molecule has 2 heteroatoms. The van der Waals surface area contributed by atoms with Crippen molar-refractivity contribution in [3.8, 4) is 0 Å². The van der Waals surface area contributed by atoms with Crippen LogP contribution < -0.4 is 0 Å². The van der Waals surface area contributed by atoms with E-state index in [9.17, 15) is 0 Å². The molecule has 0 radical (unpaired) electrons. The van der Waals surface area contributed by atoms with Crippen molar-refractivity contribution in [3.63, 3.8) is 0 Å². The number of hydrogen-bond donors (Lipinski definition) is 0. The van der Waals surface area contributed by atoms with E-state index >= 15 is 0 Å². The van der Waals surface area contributed by atoms with Crippen molar-refractivity contribution in [3.05, 3.63) is 0 Å². The summed E-state index contributed by atoms with van der Waals surface area (Å²) in [5.74, 6) is 0. The van der Waals surface area contributed by atoms with E-state index < -0.39 is 0 Å². The summed E-state index contributed by atoms with van der Waals surface area (Å²) in [5.41, 5.74) is 0. The van der Waals surface area contributed by atoms with Crippen LogP contribution in [0.3, 0.4) is 0 Å². The predicted molar refractivity (Wildman–Crippen MR) is 69.7 cm³/mol. The third-order valence-electron chi connectivity index (χ3n) is 2.84. The average Bonchev–Trinajstić information content (AvgIpc) is 2.31. The molecule has 0 aromatic heterocycles. The first-order valence-electron chi connectivity index (χ1n) is 6.98. The van der Waals surface area contributed by atoms with Gasteiger partial charge in [0, 0.05) is 13.7 Å². The minimum Gasteiger partial charge on any atom is -0.359 e. The van der Waals surface area contributed by atoms with Crippen molar-refractivity contribution in [1.82, 2.24) is 0 Å². The van der Waals surface area contributed by atoms with Crippen molar-refractivity contribution in [1.29, 1.82) is 0 Å². The smallest absolute Gasteiger partial charge is 0.146 e. The Kier molecular flexibility index (Phi) is 14.8. The van der Waals surface area contributed by atoms with Crippen LogP contribution >= 0.6 is 0 Å². The fourth-order valence-electron chi connectivity index (χ4n) is 1.83. The first-order chi connectivity index (χ1) is 7.91. The van der Waals surface area contributed by atoms with E-state index in [1.807, 2.05) is 0 Å². The number of ether oxygens (including phenoxy) is 2. The Hall–Kier alpha value is -0.0800. The lowest BCUT2D eigenvalue weighted by Crippen LogP contribution is -1.98. The average molecular weight is 230 g/mol. The Bertz CT molecular complexity index is 101. The first kappa shape index (κ1) is 15.9. The summed E-state index contributed by atoms with van der Waals surface area (Å²) < 4.78 is 10.0. The summed E-state index contributed by atoms with van der Waals surface area (Å²) in [6.07, 6.45) is 13.7. The van der Waals surface area contributed by atoms with E-state index in [2.05, 4.69) is 6.92 Å². The van der Waals surface area contributed by atoms with Crippen LogP contribution in [0.15, 0.2) is 0 Å². The van der Waals surface area contributed by atoms with E-state index in [4.69, 9.17) is 9.47 Å². The van der Waals surface area contributed by atoms with Gasteiger partial charge in [-0.3, -0.25) is 0 Å². The molecule has 0 atom stereocenters. The third kappa shape index (κ3) is 13.9. The molecule has 0 spiro atoms. The molecule has 0 aromatic rings. The summed E-state index contributed by atoms with van der Waals surface area (Å²) in [7, 11) is 1.67. The Morgan fingerprint density at radius 1 is 0.688 bits per heavy atom. The second-order valence-corrected chi connectivity index (χ2v) is 4.50. The van der Waals surface area contributed by atoms with Gasteiger partial charge in [0.2, 0.25) is 0 Å². The molecule has 0 fully saturated rings. The Labute approximate surface area is 102 Å². The number of hydrogen-bond acceptors (Lipinski definition) is 2. The van der Waals surface area contributed by atoms with Crippen molar-refractivity contribution in [2.75, 3.05) is 20.5 Å². The molecule has 0 aliphatic heterocycles. The molecule has 0 aliphatic carbocycles. The molecule has 0 saturated heterocycles. The maximum absolute atomic E-state index is 5.23. The Morgan fingerprint density at radius 3 is 1.69 bits per heavy atom. The molecular formula is C14H30O2. The molecule has 0 rings (SSSR count). The molecule has 0 amide bonds. The normalized spacial score (nSPS) is 10.9. The molecule has 0 heterocycles. The standard InChI is InChI=1S/C14H30O2/c1-3-4-5-6-7-8-9-10-11-12-13-16-14-15-2/h3-14H2,1-2H3. The zero-order valence-corrected chi connectivity index (χ0v) is 11.3. The van der Waals surface area contributed by atoms with Crippen LogP contribution in [0.4, 0.5) is 0 Å². The SMILES string of the molecule is CCCCCCCCCCCCOCOC. The molecule has 98 valence electrons. The molecule has 0 unspecified atom stereocenters. The van der Waals surface area contributed by atoms with Crippen LogP contribution in [0.2, 0.25) is 0 Å². The van der Waals surface area contributed by atoms with E-state index in [-0.39, 0.29) is 0 Å². The monoisotopic (exact) mass is 230 g/mol. The zero-order chi connectivity index (χ0) is 11.9. The van der Waals surface area contributed by atoms with Gasteiger partial charge in [0.05, 0.1) is 0 Å². The van der Waals surface area contributed by atoms with Crippen LogP contribution in [0, 0.1) is 0 Å². The maximum Gasteiger partial charge on any atom is 0.146 e. The van der Waals surface area contributed by atoms with Crippen LogP contribution in [0.1, 0.15) is 71.1 Å². The van der Waals surface area contributed by atoms with Gasteiger partial charge in [0.1, 0.15) is 6.79 Å². The van der Waals surface area contributed by atoms with Gasteiger partial charge in [0.15, 0.2) is 0 Å². The minimum absolute atomic E-state index is 0.442. The highest BCUT2D eigenvalue weighted by Gasteiger charge is 1.92. The molecule has 0 aromatic carbocycles. The second kappa shape index (κ2) is 14.9. The maximum atomic E-state index is 5.23. The summed E-state index contributed by atoms with van der Waals surface area (Å²) in [6.45, 7) is 3.56. The lowest BCUT2D eigenvalue weighted by atomic mass is 10.1. The van der Waals surface area contributed by atoms with Crippen molar-refractivity contribution in [2.45, 2.75) is 71.1 Å². The molecule has 0 bridgehead atoms. The van der Waals surface area contributed by atoms with Crippen LogP contribution in [-0.4, -0.2) is 20.5 Å². The van der Waals surface area contributed by atoms with Crippen LogP contribution in [-0.2, 0) is 9.47 Å². The van der Waals surface area contributed by atoms with Crippen molar-refractivity contribution in [2.24, 2.45) is 0 Å². The summed E-state index contributed by atoms with van der Waals surface area (Å²) >= 11 is 0. The van der Waals surface area contributed by atoms with Crippen molar-refractivity contribution >= 4 is 0 Å². The molecule has 16 heavy (non-hydrogen) atoms. The number of unbranched alkanes of at least 4 members (excludes halogenated alkanes) is 9. The molecular weight excluding hydrogens is 200 g/mol. The lowest BCUT2D eigenvalue weighted by Gasteiger charge is -2.03. The van der Waals surface area contributed by atoms with Gasteiger partial charge in [-0.05, 0) is 6.42 Å². The predicted octanol–water partition coefficient (Wildman–Crippen LogP) is 4.53. The van der Waals surface area contributed by atoms with Gasteiger partial charge in [-0.1, -0.05) is 64.7 Å². The van der Waals surface area contributed by atoms with Gasteiger partial charge in [0.25, 0.3) is 0 Å². The van der Waals surface area contributed by atoms with Gasteiger partial charge in [-0.25, -0.2) is 0 Å². The van der Waals surface area contributed by atoms with Gasteiger partial charge < -0.3 is 9.47 Å². The fourth-order valence-corrected chi connectivity index (χ4v) is 1.83. The highest BCUT2D eigenvalue weighted by molar-refractivity contribution is 4.47.